The Bertz CT molecular complexity index is 1340. The Morgan fingerprint density at radius 3 is 2.00 bits per heavy atom. The van der Waals surface area contributed by atoms with Crippen molar-refractivity contribution in [3.05, 3.63) is 103 Å². The molecule has 0 aliphatic carbocycles. The summed E-state index contributed by atoms with van der Waals surface area (Å²) in [6, 6.07) is 36.6. The molecule has 28 heavy (non-hydrogen) atoms. The highest BCUT2D eigenvalue weighted by molar-refractivity contribution is 6.14. The molecule has 1 aliphatic rings. The quantitative estimate of drug-likeness (QED) is 0.327. The lowest BCUT2D eigenvalue weighted by Crippen LogP contribution is -2.18. The van der Waals surface area contributed by atoms with Crippen LogP contribution >= 0.6 is 0 Å². The van der Waals surface area contributed by atoms with Crippen molar-refractivity contribution in [3.8, 4) is 0 Å². The second kappa shape index (κ2) is 5.86. The van der Waals surface area contributed by atoms with Crippen molar-refractivity contribution >= 4 is 50.0 Å². The van der Waals surface area contributed by atoms with E-state index in [0.717, 1.165) is 17.1 Å². The van der Waals surface area contributed by atoms with Crippen LogP contribution in [-0.4, -0.2) is 0 Å². The third-order valence-electron chi connectivity index (χ3n) is 5.55. The van der Waals surface area contributed by atoms with Gasteiger partial charge in [0.05, 0.1) is 22.7 Å². The Kier molecular flexibility index (Phi) is 3.20. The number of benzene rings is 5. The Hall–Kier alpha value is -3.78. The van der Waals surface area contributed by atoms with Crippen molar-refractivity contribution in [2.45, 2.75) is 0 Å². The van der Waals surface area contributed by atoms with Crippen molar-refractivity contribution in [2.75, 3.05) is 10.2 Å². The molecule has 0 spiro atoms. The van der Waals surface area contributed by atoms with Crippen LogP contribution in [0.4, 0.5) is 28.4 Å². The molecule has 0 saturated heterocycles. The maximum absolute atomic E-state index is 3.73. The third-order valence-corrected chi connectivity index (χ3v) is 5.55. The Morgan fingerprint density at radius 1 is 0.536 bits per heavy atom. The molecular formula is C26H18N2. The summed E-state index contributed by atoms with van der Waals surface area (Å²) in [4.78, 5) is 2.38. The lowest BCUT2D eigenvalue weighted by atomic mass is 9.99. The van der Waals surface area contributed by atoms with Crippen molar-refractivity contribution < 1.29 is 0 Å². The van der Waals surface area contributed by atoms with Crippen LogP contribution in [0, 0.1) is 0 Å². The number of anilines is 5. The van der Waals surface area contributed by atoms with Crippen molar-refractivity contribution in [1.82, 2.24) is 0 Å². The van der Waals surface area contributed by atoms with Crippen molar-refractivity contribution in [3.63, 3.8) is 0 Å². The SMILES string of the molecule is c1ccc(N2c3ccc4ccccc4c3Nc3ccc4ccccc4c32)cc1. The monoisotopic (exact) mass is 358 g/mol. The average Bonchev–Trinajstić information content (AvgIpc) is 2.78. The zero-order chi connectivity index (χ0) is 18.5. The largest absolute Gasteiger partial charge is 0.352 e. The summed E-state index contributed by atoms with van der Waals surface area (Å²) < 4.78 is 0. The summed E-state index contributed by atoms with van der Waals surface area (Å²) in [5.41, 5.74) is 5.83. The standard InChI is InChI=1S/C26H18N2/c1-2-10-20(11-3-1)28-24-17-15-18-8-4-6-12-21(18)25(24)27-23-16-14-19-9-5-7-13-22(19)26(23)28/h1-17,27H. The van der Waals surface area contributed by atoms with Crippen LogP contribution in [0.3, 0.4) is 0 Å². The highest BCUT2D eigenvalue weighted by Crippen LogP contribution is 2.52. The van der Waals surface area contributed by atoms with Gasteiger partial charge in [-0.3, -0.25) is 0 Å². The van der Waals surface area contributed by atoms with E-state index in [1.165, 1.54) is 32.9 Å². The Morgan fingerprint density at radius 2 is 1.18 bits per heavy atom. The van der Waals surface area contributed by atoms with Gasteiger partial charge in [-0.15, -0.1) is 0 Å². The van der Waals surface area contributed by atoms with Gasteiger partial charge in [0, 0.05) is 16.5 Å². The molecule has 0 aromatic heterocycles. The predicted octanol–water partition coefficient (Wildman–Crippen LogP) is 7.52. The molecule has 5 aromatic carbocycles. The van der Waals surface area contributed by atoms with E-state index in [1.807, 2.05) is 0 Å². The van der Waals surface area contributed by atoms with Crippen LogP contribution in [0.2, 0.25) is 0 Å². The van der Waals surface area contributed by atoms with Gasteiger partial charge in [-0.05, 0) is 35.0 Å². The summed E-state index contributed by atoms with van der Waals surface area (Å²) in [5.74, 6) is 0. The van der Waals surface area contributed by atoms with Gasteiger partial charge >= 0.3 is 0 Å². The fourth-order valence-electron chi connectivity index (χ4n) is 4.28. The molecule has 0 radical (unpaired) electrons. The molecule has 132 valence electrons. The molecular weight excluding hydrogens is 340 g/mol. The number of rotatable bonds is 1. The fourth-order valence-corrected chi connectivity index (χ4v) is 4.28. The number of nitrogens with zero attached hydrogens (tertiary/aromatic N) is 1. The van der Waals surface area contributed by atoms with E-state index < -0.39 is 0 Å². The number of para-hydroxylation sites is 1. The summed E-state index contributed by atoms with van der Waals surface area (Å²) in [6.45, 7) is 0. The first-order valence-electron chi connectivity index (χ1n) is 9.56. The fraction of sp³-hybridized carbons (Fsp3) is 0. The molecule has 0 amide bonds. The van der Waals surface area contributed by atoms with E-state index in [2.05, 4.69) is 113 Å². The minimum atomic E-state index is 1.13. The smallest absolute Gasteiger partial charge is 0.0776 e. The van der Waals surface area contributed by atoms with Crippen molar-refractivity contribution in [2.24, 2.45) is 0 Å². The number of fused-ring (bicyclic) bond motifs is 6. The second-order valence-electron chi connectivity index (χ2n) is 7.16. The molecule has 1 aliphatic heterocycles. The van der Waals surface area contributed by atoms with Gasteiger partial charge in [0.25, 0.3) is 0 Å². The first kappa shape index (κ1) is 15.3. The highest BCUT2D eigenvalue weighted by atomic mass is 15.2. The minimum Gasteiger partial charge on any atom is -0.352 e. The van der Waals surface area contributed by atoms with E-state index in [1.54, 1.807) is 0 Å². The molecule has 0 fully saturated rings. The van der Waals surface area contributed by atoms with Crippen LogP contribution in [0.15, 0.2) is 103 Å². The van der Waals surface area contributed by atoms with E-state index in [-0.39, 0.29) is 0 Å². The van der Waals surface area contributed by atoms with Crippen LogP contribution in [-0.2, 0) is 0 Å². The molecule has 1 heterocycles. The van der Waals surface area contributed by atoms with Gasteiger partial charge in [0.2, 0.25) is 0 Å². The normalized spacial score (nSPS) is 12.5. The van der Waals surface area contributed by atoms with Gasteiger partial charge in [0.1, 0.15) is 0 Å². The molecule has 2 heteroatoms. The Balaban J connectivity index is 1.73. The summed E-state index contributed by atoms with van der Waals surface area (Å²) in [5, 5.41) is 8.70. The summed E-state index contributed by atoms with van der Waals surface area (Å²) >= 11 is 0. The van der Waals surface area contributed by atoms with E-state index in [4.69, 9.17) is 0 Å². The van der Waals surface area contributed by atoms with Gasteiger partial charge in [-0.1, -0.05) is 78.9 Å². The molecule has 0 unspecified atom stereocenters. The van der Waals surface area contributed by atoms with Gasteiger partial charge in [0.15, 0.2) is 0 Å². The molecule has 0 bridgehead atoms. The van der Waals surface area contributed by atoms with Crippen LogP contribution in [0.5, 0.6) is 0 Å². The number of hydrogen-bond donors (Lipinski definition) is 1. The highest BCUT2D eigenvalue weighted by Gasteiger charge is 2.26. The lowest BCUT2D eigenvalue weighted by Gasteiger charge is -2.35. The topological polar surface area (TPSA) is 15.3 Å². The zero-order valence-electron chi connectivity index (χ0n) is 15.3. The van der Waals surface area contributed by atoms with Gasteiger partial charge in [-0.25, -0.2) is 0 Å². The van der Waals surface area contributed by atoms with E-state index in [9.17, 15) is 0 Å². The summed E-state index contributed by atoms with van der Waals surface area (Å²) in [7, 11) is 0. The minimum absolute atomic E-state index is 1.13. The number of hydrogen-bond acceptors (Lipinski definition) is 2. The van der Waals surface area contributed by atoms with E-state index in [0.29, 0.717) is 0 Å². The molecule has 0 atom stereocenters. The molecule has 5 aromatic rings. The third kappa shape index (κ3) is 2.15. The van der Waals surface area contributed by atoms with E-state index >= 15 is 0 Å². The Labute approximate surface area is 163 Å². The second-order valence-corrected chi connectivity index (χ2v) is 7.16. The maximum atomic E-state index is 3.73. The van der Waals surface area contributed by atoms with Crippen LogP contribution < -0.4 is 10.2 Å². The first-order valence-corrected chi connectivity index (χ1v) is 9.56. The molecule has 0 saturated carbocycles. The summed E-state index contributed by atoms with van der Waals surface area (Å²) in [6.07, 6.45) is 0. The van der Waals surface area contributed by atoms with Crippen LogP contribution in [0.25, 0.3) is 21.5 Å². The van der Waals surface area contributed by atoms with Gasteiger partial charge in [-0.2, -0.15) is 0 Å². The zero-order valence-corrected chi connectivity index (χ0v) is 15.3. The van der Waals surface area contributed by atoms with Crippen molar-refractivity contribution in [1.29, 1.82) is 0 Å². The lowest BCUT2D eigenvalue weighted by molar-refractivity contribution is 1.27. The molecule has 2 nitrogen and oxygen atoms in total. The van der Waals surface area contributed by atoms with Gasteiger partial charge < -0.3 is 10.2 Å². The molecule has 1 N–H and O–H groups in total. The maximum Gasteiger partial charge on any atom is 0.0776 e. The first-order chi connectivity index (χ1) is 13.9. The van der Waals surface area contributed by atoms with Crippen LogP contribution in [0.1, 0.15) is 0 Å². The number of nitrogens with one attached hydrogen (secondary N) is 1. The average molecular weight is 358 g/mol. The predicted molar refractivity (Wildman–Crippen MR) is 119 cm³/mol. The molecule has 6 rings (SSSR count).